The van der Waals surface area contributed by atoms with Crippen molar-refractivity contribution in [3.63, 3.8) is 0 Å². The van der Waals surface area contributed by atoms with Crippen LogP contribution in [0.2, 0.25) is 0 Å². The first-order valence-corrected chi connectivity index (χ1v) is 16.6. The first-order chi connectivity index (χ1) is 18.6. The van der Waals surface area contributed by atoms with Crippen molar-refractivity contribution in [2.45, 2.75) is 123 Å². The van der Waals surface area contributed by atoms with Gasteiger partial charge in [0, 0.05) is 26.1 Å². The molecule has 4 aliphatic carbocycles. The maximum atomic E-state index is 12.8. The number of nitrogens with zero attached hydrogens (tertiary/aromatic N) is 1. The summed E-state index contributed by atoms with van der Waals surface area (Å²) in [6, 6.07) is 0. The Bertz CT molecular complexity index is 818. The van der Waals surface area contributed by atoms with Crippen molar-refractivity contribution in [3.05, 3.63) is 12.7 Å². The number of hydrogen-bond donors (Lipinski definition) is 3. The molecule has 0 aromatic carbocycles. The molecule has 0 aromatic heterocycles. The lowest BCUT2D eigenvalue weighted by molar-refractivity contribution is -0.174. The second kappa shape index (κ2) is 13.4. The van der Waals surface area contributed by atoms with E-state index in [-0.39, 0.29) is 28.9 Å². The van der Waals surface area contributed by atoms with E-state index in [9.17, 15) is 15.0 Å². The molecule has 224 valence electrons. The Labute approximate surface area is 239 Å². The van der Waals surface area contributed by atoms with Gasteiger partial charge in [0.05, 0.1) is 12.2 Å². The summed E-state index contributed by atoms with van der Waals surface area (Å²) >= 11 is 0. The van der Waals surface area contributed by atoms with Crippen LogP contribution in [-0.2, 0) is 4.79 Å². The SMILES string of the molecule is C=CCN(CCCCC)CCNC(=O)CC[C@@H](C)[C@H]1CCC2C3CCC4C[C@H](O)CC[C@]4(C)C3C[C@H](O)[C@@]21C. The van der Waals surface area contributed by atoms with E-state index in [1.165, 1.54) is 44.9 Å². The Morgan fingerprint density at radius 3 is 2.62 bits per heavy atom. The second-order valence-electron chi connectivity index (χ2n) is 14.5. The average molecular weight is 545 g/mol. The van der Waals surface area contributed by atoms with Crippen molar-refractivity contribution in [1.29, 1.82) is 0 Å². The highest BCUT2D eigenvalue weighted by atomic mass is 16.3. The summed E-state index contributed by atoms with van der Waals surface area (Å²) in [5.74, 6) is 3.63. The molecule has 5 nitrogen and oxygen atoms in total. The van der Waals surface area contributed by atoms with Crippen LogP contribution in [0.1, 0.15) is 111 Å². The quantitative estimate of drug-likeness (QED) is 0.191. The predicted molar refractivity (Wildman–Crippen MR) is 160 cm³/mol. The Morgan fingerprint density at radius 1 is 1.08 bits per heavy atom. The van der Waals surface area contributed by atoms with Gasteiger partial charge in [-0.15, -0.1) is 6.58 Å². The molecule has 10 atom stereocenters. The molecule has 0 aliphatic heterocycles. The smallest absolute Gasteiger partial charge is 0.220 e. The van der Waals surface area contributed by atoms with Gasteiger partial charge in [-0.3, -0.25) is 9.69 Å². The minimum absolute atomic E-state index is 0.0296. The van der Waals surface area contributed by atoms with Gasteiger partial charge in [0.15, 0.2) is 0 Å². The number of rotatable bonds is 13. The van der Waals surface area contributed by atoms with Crippen LogP contribution in [0, 0.1) is 46.3 Å². The van der Waals surface area contributed by atoms with Crippen LogP contribution in [0.25, 0.3) is 0 Å². The summed E-state index contributed by atoms with van der Waals surface area (Å²) < 4.78 is 0. The minimum Gasteiger partial charge on any atom is -0.393 e. The van der Waals surface area contributed by atoms with Crippen LogP contribution >= 0.6 is 0 Å². The molecular weight excluding hydrogens is 484 g/mol. The lowest BCUT2D eigenvalue weighted by Crippen LogP contribution is -2.58. The number of unbranched alkanes of at least 4 members (excludes halogenated alkanes) is 2. The first-order valence-electron chi connectivity index (χ1n) is 16.6. The fraction of sp³-hybridized carbons (Fsp3) is 0.912. The largest absolute Gasteiger partial charge is 0.393 e. The van der Waals surface area contributed by atoms with E-state index in [2.05, 4.69) is 44.5 Å². The Morgan fingerprint density at radius 2 is 1.87 bits per heavy atom. The van der Waals surface area contributed by atoms with Crippen molar-refractivity contribution in [2.75, 3.05) is 26.2 Å². The summed E-state index contributed by atoms with van der Waals surface area (Å²) in [5.41, 5.74) is 0.252. The monoisotopic (exact) mass is 544 g/mol. The van der Waals surface area contributed by atoms with Crippen LogP contribution < -0.4 is 5.32 Å². The molecule has 0 bridgehead atoms. The van der Waals surface area contributed by atoms with Crippen LogP contribution in [0.15, 0.2) is 12.7 Å². The number of aliphatic hydroxyl groups excluding tert-OH is 2. The van der Waals surface area contributed by atoms with E-state index in [1.54, 1.807) is 0 Å². The summed E-state index contributed by atoms with van der Waals surface area (Å²) in [7, 11) is 0. The van der Waals surface area contributed by atoms with Crippen molar-refractivity contribution in [3.8, 4) is 0 Å². The highest BCUT2D eigenvalue weighted by molar-refractivity contribution is 5.75. The van der Waals surface area contributed by atoms with E-state index in [1.807, 2.05) is 6.08 Å². The fourth-order valence-corrected chi connectivity index (χ4v) is 10.2. The maximum Gasteiger partial charge on any atom is 0.220 e. The van der Waals surface area contributed by atoms with Gasteiger partial charge in [0.1, 0.15) is 0 Å². The molecule has 4 rings (SSSR count). The molecule has 0 aromatic rings. The summed E-state index contributed by atoms with van der Waals surface area (Å²) in [6.07, 6.45) is 15.6. The second-order valence-corrected chi connectivity index (χ2v) is 14.5. The van der Waals surface area contributed by atoms with Gasteiger partial charge >= 0.3 is 0 Å². The molecule has 4 saturated carbocycles. The van der Waals surface area contributed by atoms with E-state index in [0.29, 0.717) is 48.5 Å². The lowest BCUT2D eigenvalue weighted by atomic mass is 9.43. The topological polar surface area (TPSA) is 72.8 Å². The maximum absolute atomic E-state index is 12.8. The molecule has 0 spiro atoms. The summed E-state index contributed by atoms with van der Waals surface area (Å²) in [4.78, 5) is 15.1. The van der Waals surface area contributed by atoms with Gasteiger partial charge in [-0.2, -0.15) is 0 Å². The summed E-state index contributed by atoms with van der Waals surface area (Å²) in [6.45, 7) is 16.9. The molecule has 0 heterocycles. The molecule has 4 unspecified atom stereocenters. The molecular formula is C34H60N2O3. The summed E-state index contributed by atoms with van der Waals surface area (Å²) in [5, 5.41) is 25.3. The van der Waals surface area contributed by atoms with Gasteiger partial charge in [0.2, 0.25) is 5.91 Å². The van der Waals surface area contributed by atoms with Crippen LogP contribution in [0.3, 0.4) is 0 Å². The van der Waals surface area contributed by atoms with Gasteiger partial charge in [-0.1, -0.05) is 46.6 Å². The van der Waals surface area contributed by atoms with Crippen molar-refractivity contribution in [1.82, 2.24) is 10.2 Å². The van der Waals surface area contributed by atoms with Gasteiger partial charge in [-0.05, 0) is 117 Å². The van der Waals surface area contributed by atoms with Crippen LogP contribution in [0.4, 0.5) is 0 Å². The standard InChI is InChI=1S/C34H60N2O3/c1-6-8-9-20-36(19-7-2)21-18-35-32(39)15-10-24(3)28-13-14-29-27-12-11-25-22-26(37)16-17-33(25,4)30(27)23-31(38)34(28,29)5/h7,24-31,37-38H,2,6,8-23H2,1,3-5H3,(H,35,39)/t24-,25?,26-,27?,28-,29?,30?,31+,33+,34-/m1/s1. The highest BCUT2D eigenvalue weighted by Gasteiger charge is 2.63. The van der Waals surface area contributed by atoms with E-state index in [4.69, 9.17) is 0 Å². The van der Waals surface area contributed by atoms with Crippen molar-refractivity contribution >= 4 is 5.91 Å². The third kappa shape index (κ3) is 6.46. The van der Waals surface area contributed by atoms with Gasteiger partial charge in [-0.25, -0.2) is 0 Å². The Kier molecular flexibility index (Phi) is 10.6. The molecule has 0 radical (unpaired) electrons. The third-order valence-electron chi connectivity index (χ3n) is 12.5. The lowest BCUT2D eigenvalue weighted by Gasteiger charge is -2.62. The van der Waals surface area contributed by atoms with Crippen molar-refractivity contribution in [2.24, 2.45) is 46.3 Å². The normalized spacial score (nSPS) is 40.4. The fourth-order valence-electron chi connectivity index (χ4n) is 10.2. The molecule has 4 aliphatic rings. The van der Waals surface area contributed by atoms with Gasteiger partial charge in [0.25, 0.3) is 0 Å². The number of fused-ring (bicyclic) bond motifs is 5. The average Bonchev–Trinajstić information content (AvgIpc) is 3.27. The molecule has 5 heteroatoms. The van der Waals surface area contributed by atoms with Gasteiger partial charge < -0.3 is 15.5 Å². The number of nitrogens with one attached hydrogen (secondary N) is 1. The Hall–Kier alpha value is -0.910. The molecule has 39 heavy (non-hydrogen) atoms. The van der Waals surface area contributed by atoms with Crippen molar-refractivity contribution < 1.29 is 15.0 Å². The predicted octanol–water partition coefficient (Wildman–Crippen LogP) is 6.19. The number of aliphatic hydroxyl groups is 2. The zero-order valence-corrected chi connectivity index (χ0v) is 25.7. The number of carbonyl (C=O) groups excluding carboxylic acids is 1. The molecule has 3 N–H and O–H groups in total. The van der Waals surface area contributed by atoms with E-state index >= 15 is 0 Å². The molecule has 4 fully saturated rings. The first kappa shape index (κ1) is 31.0. The highest BCUT2D eigenvalue weighted by Crippen LogP contribution is 2.68. The van der Waals surface area contributed by atoms with E-state index in [0.717, 1.165) is 51.7 Å². The number of amides is 1. The van der Waals surface area contributed by atoms with Crippen LogP contribution in [-0.4, -0.2) is 59.4 Å². The zero-order valence-electron chi connectivity index (χ0n) is 25.7. The molecule has 1 amide bonds. The minimum atomic E-state index is -0.251. The van der Waals surface area contributed by atoms with Crippen LogP contribution in [0.5, 0.6) is 0 Å². The Balaban J connectivity index is 1.29. The number of hydrogen-bond acceptors (Lipinski definition) is 4. The third-order valence-corrected chi connectivity index (χ3v) is 12.5. The zero-order chi connectivity index (χ0) is 28.2. The van der Waals surface area contributed by atoms with E-state index < -0.39 is 0 Å². The molecule has 0 saturated heterocycles. The number of carbonyl (C=O) groups is 1.